The number of aliphatic imine (C=N–C) groups is 1. The molecule has 0 saturated carbocycles. The Morgan fingerprint density at radius 2 is 2.02 bits per heavy atom. The maximum Gasteiger partial charge on any atom is 0.301 e. The molecule has 8 rings (SSSR count). The van der Waals surface area contributed by atoms with Gasteiger partial charge in [0.2, 0.25) is 0 Å². The highest BCUT2D eigenvalue weighted by molar-refractivity contribution is 6.38. The molecule has 4 aliphatic heterocycles. The molecule has 10 heteroatoms. The van der Waals surface area contributed by atoms with Crippen molar-refractivity contribution in [2.75, 3.05) is 37.4 Å². The highest BCUT2D eigenvalue weighted by Crippen LogP contribution is 2.47. The Morgan fingerprint density at radius 1 is 1.14 bits per heavy atom. The van der Waals surface area contributed by atoms with E-state index in [1.807, 2.05) is 47.5 Å². The number of halogens is 2. The van der Waals surface area contributed by atoms with E-state index in [1.54, 1.807) is 6.20 Å². The predicted molar refractivity (Wildman–Crippen MR) is 171 cm³/mol. The number of anilines is 2. The van der Waals surface area contributed by atoms with Gasteiger partial charge in [-0.2, -0.15) is 0 Å². The zero-order valence-corrected chi connectivity index (χ0v) is 24.9. The molecule has 0 bridgehead atoms. The summed E-state index contributed by atoms with van der Waals surface area (Å²) in [7, 11) is 0. The number of ether oxygens (including phenoxy) is 2. The number of pyridine rings is 1. The van der Waals surface area contributed by atoms with Crippen LogP contribution in [0.3, 0.4) is 0 Å². The van der Waals surface area contributed by atoms with Gasteiger partial charge in [0.1, 0.15) is 36.9 Å². The van der Waals surface area contributed by atoms with E-state index < -0.39 is 6.17 Å². The van der Waals surface area contributed by atoms with Crippen LogP contribution >= 0.6 is 11.6 Å². The van der Waals surface area contributed by atoms with Gasteiger partial charge in [-0.05, 0) is 47.9 Å². The van der Waals surface area contributed by atoms with Gasteiger partial charge in [0.15, 0.2) is 0 Å². The molecule has 0 radical (unpaired) electrons. The number of nitrogen functional groups attached to an aromatic ring is 1. The second-order valence-corrected chi connectivity index (χ2v) is 12.3. The topological polar surface area (TPSA) is 88.2 Å². The number of hydrogen-bond donors (Lipinski definition) is 2. The summed E-state index contributed by atoms with van der Waals surface area (Å²) in [4.78, 5) is 13.4. The Kier molecular flexibility index (Phi) is 6.61. The lowest BCUT2D eigenvalue weighted by Gasteiger charge is -2.31. The minimum atomic E-state index is -0.847. The van der Waals surface area contributed by atoms with Gasteiger partial charge < -0.3 is 25.4 Å². The monoisotopic (exact) mass is 610 g/mol. The average molecular weight is 611 g/mol. The molecule has 8 nitrogen and oxygen atoms in total. The van der Waals surface area contributed by atoms with Gasteiger partial charge in [-0.1, -0.05) is 60.1 Å². The SMILES string of the molecule is Nc1ncccc1CN1C=C(OC[C@@]23CCCN2C[C@H](F)C3)Oc2cc(-c3cccc4ccccc34)c(Cl)c3c2C1=NCN3. The lowest BCUT2D eigenvalue weighted by atomic mass is 9.95. The summed E-state index contributed by atoms with van der Waals surface area (Å²) in [5, 5.41) is 6.19. The summed E-state index contributed by atoms with van der Waals surface area (Å²) in [6, 6.07) is 20.2. The normalized spacial score (nSPS) is 22.4. The largest absolute Gasteiger partial charge is 0.462 e. The first-order chi connectivity index (χ1) is 21.5. The third kappa shape index (κ3) is 4.53. The molecule has 4 aromatic rings. The van der Waals surface area contributed by atoms with Crippen LogP contribution in [0.25, 0.3) is 21.9 Å². The van der Waals surface area contributed by atoms with Crippen LogP contribution in [0.5, 0.6) is 5.75 Å². The molecule has 4 aliphatic rings. The third-order valence-electron chi connectivity index (χ3n) is 9.27. The summed E-state index contributed by atoms with van der Waals surface area (Å²) >= 11 is 7.21. The van der Waals surface area contributed by atoms with Crippen LogP contribution in [0.2, 0.25) is 5.02 Å². The summed E-state index contributed by atoms with van der Waals surface area (Å²) in [5.41, 5.74) is 10.1. The third-order valence-corrected chi connectivity index (χ3v) is 9.66. The number of nitrogens with two attached hydrogens (primary N) is 1. The van der Waals surface area contributed by atoms with Gasteiger partial charge in [0.05, 0.1) is 34.6 Å². The summed E-state index contributed by atoms with van der Waals surface area (Å²) in [5.74, 6) is 2.00. The van der Waals surface area contributed by atoms with Crippen LogP contribution < -0.4 is 15.8 Å². The molecule has 2 atom stereocenters. The Balaban J connectivity index is 1.24. The molecule has 1 aromatic heterocycles. The highest BCUT2D eigenvalue weighted by atomic mass is 35.5. The van der Waals surface area contributed by atoms with E-state index in [1.165, 1.54) is 0 Å². The van der Waals surface area contributed by atoms with Gasteiger partial charge in [-0.25, -0.2) is 14.4 Å². The second kappa shape index (κ2) is 10.7. The Bertz CT molecular complexity index is 1840. The van der Waals surface area contributed by atoms with E-state index >= 15 is 0 Å². The fourth-order valence-corrected chi connectivity index (χ4v) is 7.52. The van der Waals surface area contributed by atoms with Crippen LogP contribution in [-0.2, 0) is 11.3 Å². The van der Waals surface area contributed by atoms with Crippen molar-refractivity contribution in [3.8, 4) is 16.9 Å². The van der Waals surface area contributed by atoms with Gasteiger partial charge in [0, 0.05) is 30.3 Å². The minimum absolute atomic E-state index is 0.307. The van der Waals surface area contributed by atoms with Crippen molar-refractivity contribution in [3.63, 3.8) is 0 Å². The van der Waals surface area contributed by atoms with Crippen molar-refractivity contribution in [3.05, 3.63) is 95.2 Å². The van der Waals surface area contributed by atoms with Gasteiger partial charge in [-0.3, -0.25) is 4.90 Å². The molecule has 0 amide bonds. The standard InChI is InChI=1S/C34H32ClFN6O2/c35-30-26(25-10-3-7-21-6-1-2-9-24(21)25)14-27-29-31(30)39-20-40-33(29)41(16-22-8-4-12-38-32(22)37)18-28(44-27)43-19-34-11-5-13-42(34)17-23(36)15-34/h1-4,6-10,12,14,18,23,39H,5,11,13,15-17,19-20H2,(H2,37,38)/t23-,34+/m1/s1. The number of alkyl halides is 1. The number of hydrogen-bond acceptors (Lipinski definition) is 8. The molecular weight excluding hydrogens is 579 g/mol. The lowest BCUT2D eigenvalue weighted by molar-refractivity contribution is 0.0270. The number of aromatic nitrogens is 1. The summed E-state index contributed by atoms with van der Waals surface area (Å²) < 4.78 is 27.7. The molecule has 0 spiro atoms. The summed E-state index contributed by atoms with van der Waals surface area (Å²) in [6.45, 7) is 2.40. The number of amidine groups is 1. The molecule has 44 heavy (non-hydrogen) atoms. The van der Waals surface area contributed by atoms with E-state index in [2.05, 4.69) is 39.5 Å². The van der Waals surface area contributed by atoms with Crippen LogP contribution in [0.4, 0.5) is 15.9 Å². The fourth-order valence-electron chi connectivity index (χ4n) is 7.20. The van der Waals surface area contributed by atoms with Crippen LogP contribution in [0.15, 0.2) is 84.0 Å². The molecule has 5 heterocycles. The van der Waals surface area contributed by atoms with Crippen LogP contribution in [-0.4, -0.2) is 58.7 Å². The number of nitrogens with one attached hydrogen (secondary N) is 1. The van der Waals surface area contributed by atoms with E-state index in [0.29, 0.717) is 61.2 Å². The van der Waals surface area contributed by atoms with E-state index in [0.717, 1.165) is 58.1 Å². The van der Waals surface area contributed by atoms with Crippen molar-refractivity contribution < 1.29 is 13.9 Å². The van der Waals surface area contributed by atoms with Crippen molar-refractivity contribution in [1.29, 1.82) is 0 Å². The van der Waals surface area contributed by atoms with E-state index in [9.17, 15) is 4.39 Å². The van der Waals surface area contributed by atoms with Crippen molar-refractivity contribution >= 4 is 39.7 Å². The lowest BCUT2D eigenvalue weighted by Crippen LogP contribution is -2.42. The van der Waals surface area contributed by atoms with Gasteiger partial charge in [0.25, 0.3) is 0 Å². The zero-order chi connectivity index (χ0) is 29.8. The van der Waals surface area contributed by atoms with Gasteiger partial charge >= 0.3 is 5.95 Å². The van der Waals surface area contributed by atoms with Crippen molar-refractivity contribution in [2.45, 2.75) is 37.5 Å². The molecule has 224 valence electrons. The summed E-state index contributed by atoms with van der Waals surface area (Å²) in [6.07, 6.45) is 5.04. The fraction of sp³-hybridized carbons (Fsp3) is 0.294. The highest BCUT2D eigenvalue weighted by Gasteiger charge is 2.49. The quantitative estimate of drug-likeness (QED) is 0.256. The Hall–Kier alpha value is -4.34. The number of rotatable bonds is 6. The molecule has 0 aliphatic carbocycles. The number of fused-ring (bicyclic) bond motifs is 2. The molecule has 0 unspecified atom stereocenters. The van der Waals surface area contributed by atoms with Crippen molar-refractivity contribution in [2.24, 2.45) is 4.99 Å². The molecular formula is C34H32ClFN6O2. The maximum atomic E-state index is 14.6. The number of benzene rings is 3. The second-order valence-electron chi connectivity index (χ2n) is 11.9. The zero-order valence-electron chi connectivity index (χ0n) is 24.1. The molecule has 2 fully saturated rings. The maximum absolute atomic E-state index is 14.6. The molecule has 2 saturated heterocycles. The van der Waals surface area contributed by atoms with Gasteiger partial charge in [-0.15, -0.1) is 0 Å². The molecule has 3 aromatic carbocycles. The Morgan fingerprint density at radius 3 is 2.93 bits per heavy atom. The Labute approximate surface area is 259 Å². The first-order valence-electron chi connectivity index (χ1n) is 15.0. The van der Waals surface area contributed by atoms with E-state index in [4.69, 9.17) is 31.8 Å². The first-order valence-corrected chi connectivity index (χ1v) is 15.4. The molecule has 3 N–H and O–H groups in total. The van der Waals surface area contributed by atoms with E-state index in [-0.39, 0.29) is 5.54 Å². The predicted octanol–water partition coefficient (Wildman–Crippen LogP) is 6.55. The smallest absolute Gasteiger partial charge is 0.301 e. The average Bonchev–Trinajstić information content (AvgIpc) is 3.51. The van der Waals surface area contributed by atoms with Crippen molar-refractivity contribution in [1.82, 2.24) is 14.8 Å². The first kappa shape index (κ1) is 27.2. The number of nitrogens with zero attached hydrogens (tertiary/aromatic N) is 4. The minimum Gasteiger partial charge on any atom is -0.462 e. The van der Waals surface area contributed by atoms with Crippen LogP contribution in [0.1, 0.15) is 30.4 Å². The van der Waals surface area contributed by atoms with Crippen LogP contribution in [0, 0.1) is 0 Å².